The molecule has 110 valence electrons. The summed E-state index contributed by atoms with van der Waals surface area (Å²) in [7, 11) is 1.66. The number of ether oxygens (including phenoxy) is 3. The Morgan fingerprint density at radius 2 is 1.65 bits per heavy atom. The van der Waals surface area contributed by atoms with E-state index in [4.69, 9.17) is 14.2 Å². The van der Waals surface area contributed by atoms with Crippen LogP contribution >= 0.6 is 0 Å². The Bertz CT molecular complexity index is 438. The maximum Gasteiger partial charge on any atom is 0.168 e. The van der Waals surface area contributed by atoms with Crippen molar-refractivity contribution in [2.24, 2.45) is 0 Å². The minimum Gasteiger partial charge on any atom is -0.497 e. The summed E-state index contributed by atoms with van der Waals surface area (Å²) in [4.78, 5) is 0. The van der Waals surface area contributed by atoms with Gasteiger partial charge in [0.25, 0.3) is 0 Å². The molecular formula is C16H22O4. The Balaban J connectivity index is 1.78. The van der Waals surface area contributed by atoms with E-state index in [1.54, 1.807) is 7.11 Å². The first-order chi connectivity index (χ1) is 9.72. The summed E-state index contributed by atoms with van der Waals surface area (Å²) in [6, 6.07) is 8.03. The Labute approximate surface area is 119 Å². The standard InChI is InChI=1S/C16H22O4/c1-18-14-4-2-13(3-5-14)15(12-17)6-8-16(9-7-15)19-10-11-20-16/h2-5,17H,6-12H2,1H3. The number of aliphatic hydroxyl groups excluding tert-OH is 1. The van der Waals surface area contributed by atoms with Gasteiger partial charge in [-0.1, -0.05) is 12.1 Å². The van der Waals surface area contributed by atoms with Gasteiger partial charge in [0.1, 0.15) is 5.75 Å². The third kappa shape index (κ3) is 2.32. The van der Waals surface area contributed by atoms with Crippen molar-refractivity contribution in [2.75, 3.05) is 26.9 Å². The molecule has 4 heteroatoms. The van der Waals surface area contributed by atoms with E-state index in [1.807, 2.05) is 12.1 Å². The molecule has 0 amide bonds. The average molecular weight is 278 g/mol. The number of rotatable bonds is 3. The van der Waals surface area contributed by atoms with Gasteiger partial charge in [-0.25, -0.2) is 0 Å². The van der Waals surface area contributed by atoms with E-state index in [-0.39, 0.29) is 17.8 Å². The van der Waals surface area contributed by atoms with Crippen LogP contribution in [0.5, 0.6) is 5.75 Å². The molecule has 1 saturated heterocycles. The van der Waals surface area contributed by atoms with Gasteiger partial charge in [0.2, 0.25) is 0 Å². The van der Waals surface area contributed by atoms with Gasteiger partial charge in [0, 0.05) is 18.3 Å². The zero-order valence-corrected chi connectivity index (χ0v) is 11.9. The number of benzene rings is 1. The Hall–Kier alpha value is -1.10. The van der Waals surface area contributed by atoms with E-state index in [0.29, 0.717) is 13.2 Å². The van der Waals surface area contributed by atoms with Crippen LogP contribution in [-0.2, 0) is 14.9 Å². The van der Waals surface area contributed by atoms with Crippen LogP contribution in [0.1, 0.15) is 31.2 Å². The zero-order chi connectivity index (χ0) is 14.1. The Morgan fingerprint density at radius 1 is 1.05 bits per heavy atom. The van der Waals surface area contributed by atoms with Gasteiger partial charge < -0.3 is 19.3 Å². The van der Waals surface area contributed by atoms with Gasteiger partial charge in [0.05, 0.1) is 26.9 Å². The van der Waals surface area contributed by atoms with Crippen molar-refractivity contribution >= 4 is 0 Å². The van der Waals surface area contributed by atoms with Crippen molar-refractivity contribution in [3.63, 3.8) is 0 Å². The predicted molar refractivity (Wildman–Crippen MR) is 74.9 cm³/mol. The topological polar surface area (TPSA) is 47.9 Å². The molecule has 1 aromatic rings. The number of hydrogen-bond donors (Lipinski definition) is 1. The fourth-order valence-corrected chi connectivity index (χ4v) is 3.38. The molecule has 0 bridgehead atoms. The molecule has 20 heavy (non-hydrogen) atoms. The SMILES string of the molecule is COc1ccc(C2(CO)CCC3(CC2)OCCO3)cc1. The highest BCUT2D eigenvalue weighted by atomic mass is 16.7. The quantitative estimate of drug-likeness (QED) is 0.921. The summed E-state index contributed by atoms with van der Waals surface area (Å²) in [5.74, 6) is 0.460. The second-order valence-corrected chi connectivity index (χ2v) is 5.77. The Morgan fingerprint density at radius 3 is 2.15 bits per heavy atom. The lowest BCUT2D eigenvalue weighted by Crippen LogP contribution is -2.44. The van der Waals surface area contributed by atoms with Crippen molar-refractivity contribution in [3.8, 4) is 5.75 Å². The molecule has 3 rings (SSSR count). The van der Waals surface area contributed by atoms with Gasteiger partial charge in [-0.05, 0) is 30.5 Å². The van der Waals surface area contributed by atoms with Crippen LogP contribution in [0, 0.1) is 0 Å². The van der Waals surface area contributed by atoms with Gasteiger partial charge in [-0.15, -0.1) is 0 Å². The molecular weight excluding hydrogens is 256 g/mol. The summed E-state index contributed by atoms with van der Waals surface area (Å²) < 4.78 is 16.7. The summed E-state index contributed by atoms with van der Waals surface area (Å²) in [5.41, 5.74) is 1.00. The molecule has 1 aromatic carbocycles. The molecule has 1 aliphatic heterocycles. The van der Waals surface area contributed by atoms with Gasteiger partial charge in [-0.2, -0.15) is 0 Å². The van der Waals surface area contributed by atoms with Crippen molar-refractivity contribution in [1.82, 2.24) is 0 Å². The molecule has 2 fully saturated rings. The first-order valence-corrected chi connectivity index (χ1v) is 7.25. The molecule has 0 atom stereocenters. The van der Waals surface area contributed by atoms with Crippen LogP contribution in [-0.4, -0.2) is 37.8 Å². The van der Waals surface area contributed by atoms with E-state index in [0.717, 1.165) is 31.4 Å². The third-order valence-corrected chi connectivity index (χ3v) is 4.79. The second kappa shape index (κ2) is 5.35. The van der Waals surface area contributed by atoms with Crippen LogP contribution < -0.4 is 4.74 Å². The zero-order valence-electron chi connectivity index (χ0n) is 11.9. The molecule has 1 N–H and O–H groups in total. The van der Waals surface area contributed by atoms with E-state index in [2.05, 4.69) is 12.1 Å². The second-order valence-electron chi connectivity index (χ2n) is 5.77. The summed E-state index contributed by atoms with van der Waals surface area (Å²) in [5, 5.41) is 9.94. The fraction of sp³-hybridized carbons (Fsp3) is 0.625. The largest absolute Gasteiger partial charge is 0.497 e. The van der Waals surface area contributed by atoms with Crippen LogP contribution in [0.2, 0.25) is 0 Å². The van der Waals surface area contributed by atoms with E-state index >= 15 is 0 Å². The molecule has 4 nitrogen and oxygen atoms in total. The van der Waals surface area contributed by atoms with Crippen LogP contribution in [0.15, 0.2) is 24.3 Å². The van der Waals surface area contributed by atoms with E-state index in [1.165, 1.54) is 5.56 Å². The van der Waals surface area contributed by atoms with Crippen molar-refractivity contribution in [2.45, 2.75) is 36.9 Å². The van der Waals surface area contributed by atoms with Crippen LogP contribution in [0.25, 0.3) is 0 Å². The number of methoxy groups -OCH3 is 1. The van der Waals surface area contributed by atoms with Gasteiger partial charge in [-0.3, -0.25) is 0 Å². The number of aliphatic hydroxyl groups is 1. The van der Waals surface area contributed by atoms with Crippen LogP contribution in [0.4, 0.5) is 0 Å². The first-order valence-electron chi connectivity index (χ1n) is 7.25. The lowest BCUT2D eigenvalue weighted by atomic mass is 9.68. The summed E-state index contributed by atoms with van der Waals surface area (Å²) in [6.07, 6.45) is 3.46. The normalized spacial score (nSPS) is 23.9. The summed E-state index contributed by atoms with van der Waals surface area (Å²) >= 11 is 0. The predicted octanol–water partition coefficient (Wildman–Crippen LogP) is 2.24. The van der Waals surface area contributed by atoms with E-state index in [9.17, 15) is 5.11 Å². The van der Waals surface area contributed by atoms with Crippen LogP contribution in [0.3, 0.4) is 0 Å². The monoisotopic (exact) mass is 278 g/mol. The highest BCUT2D eigenvalue weighted by Gasteiger charge is 2.46. The number of hydrogen-bond acceptors (Lipinski definition) is 4. The van der Waals surface area contributed by atoms with Crippen molar-refractivity contribution in [1.29, 1.82) is 0 Å². The van der Waals surface area contributed by atoms with Gasteiger partial charge >= 0.3 is 0 Å². The molecule has 2 aliphatic rings. The molecule has 1 heterocycles. The molecule has 0 unspecified atom stereocenters. The lowest BCUT2D eigenvalue weighted by Gasteiger charge is -2.43. The van der Waals surface area contributed by atoms with Crippen molar-refractivity contribution in [3.05, 3.63) is 29.8 Å². The minimum atomic E-state index is -0.384. The maximum absolute atomic E-state index is 9.94. The highest BCUT2D eigenvalue weighted by molar-refractivity contribution is 5.33. The molecule has 0 radical (unpaired) electrons. The minimum absolute atomic E-state index is 0.162. The lowest BCUT2D eigenvalue weighted by molar-refractivity contribution is -0.187. The highest BCUT2D eigenvalue weighted by Crippen LogP contribution is 2.46. The summed E-state index contributed by atoms with van der Waals surface area (Å²) in [6.45, 7) is 1.54. The average Bonchev–Trinajstić information content (AvgIpc) is 2.97. The Kier molecular flexibility index (Phi) is 3.71. The maximum atomic E-state index is 9.94. The fourth-order valence-electron chi connectivity index (χ4n) is 3.38. The van der Waals surface area contributed by atoms with Crippen molar-refractivity contribution < 1.29 is 19.3 Å². The molecule has 1 saturated carbocycles. The first kappa shape index (κ1) is 13.9. The van der Waals surface area contributed by atoms with E-state index < -0.39 is 0 Å². The molecule has 1 spiro atoms. The van der Waals surface area contributed by atoms with Gasteiger partial charge in [0.15, 0.2) is 5.79 Å². The molecule has 1 aliphatic carbocycles. The smallest absolute Gasteiger partial charge is 0.168 e. The third-order valence-electron chi connectivity index (χ3n) is 4.79. The molecule has 0 aromatic heterocycles.